The van der Waals surface area contributed by atoms with E-state index >= 15 is 0 Å². The molecule has 0 bridgehead atoms. The largest absolute Gasteiger partial charge is 0.480 e. The molecule has 0 aliphatic heterocycles. The summed E-state index contributed by atoms with van der Waals surface area (Å²) in [6, 6.07) is 7.45. The summed E-state index contributed by atoms with van der Waals surface area (Å²) in [5.41, 5.74) is 1.63. The van der Waals surface area contributed by atoms with E-state index in [1.807, 2.05) is 24.3 Å². The Morgan fingerprint density at radius 2 is 1.96 bits per heavy atom. The number of benzene rings is 1. The van der Waals surface area contributed by atoms with Gasteiger partial charge in [-0.2, -0.15) is 0 Å². The molecule has 5 nitrogen and oxygen atoms in total. The SMILES string of the molecule is O=C(O)Cn1ccc2cc(NC(=O)CC3CCCCC3)ccc21. The van der Waals surface area contributed by atoms with Crippen LogP contribution in [0.2, 0.25) is 0 Å². The molecular formula is C18H22N2O3. The number of carbonyl (C=O) groups excluding carboxylic acids is 1. The van der Waals surface area contributed by atoms with Crippen LogP contribution in [0.4, 0.5) is 5.69 Å². The van der Waals surface area contributed by atoms with Gasteiger partial charge < -0.3 is 15.0 Å². The minimum absolute atomic E-state index is 0.0586. The van der Waals surface area contributed by atoms with Gasteiger partial charge in [0.05, 0.1) is 0 Å². The van der Waals surface area contributed by atoms with Crippen molar-refractivity contribution in [2.75, 3.05) is 5.32 Å². The van der Waals surface area contributed by atoms with Gasteiger partial charge in [-0.05, 0) is 43.0 Å². The molecule has 1 heterocycles. The first-order valence-electron chi connectivity index (χ1n) is 8.22. The second-order valence-electron chi connectivity index (χ2n) is 6.37. The number of aromatic nitrogens is 1. The molecule has 2 N–H and O–H groups in total. The van der Waals surface area contributed by atoms with Gasteiger partial charge in [-0.3, -0.25) is 9.59 Å². The van der Waals surface area contributed by atoms with Crippen LogP contribution in [0.5, 0.6) is 0 Å². The summed E-state index contributed by atoms with van der Waals surface area (Å²) in [5, 5.41) is 12.8. The molecule has 0 saturated heterocycles. The highest BCUT2D eigenvalue weighted by atomic mass is 16.4. The topological polar surface area (TPSA) is 71.3 Å². The monoisotopic (exact) mass is 314 g/mol. The molecule has 1 aliphatic carbocycles. The van der Waals surface area contributed by atoms with Crippen molar-refractivity contribution in [3.05, 3.63) is 30.5 Å². The third kappa shape index (κ3) is 3.92. The van der Waals surface area contributed by atoms with Gasteiger partial charge in [0.1, 0.15) is 6.54 Å². The van der Waals surface area contributed by atoms with E-state index in [9.17, 15) is 9.59 Å². The molecule has 1 fully saturated rings. The smallest absolute Gasteiger partial charge is 0.323 e. The molecule has 1 aromatic heterocycles. The molecular weight excluding hydrogens is 292 g/mol. The summed E-state index contributed by atoms with van der Waals surface area (Å²) in [4.78, 5) is 23.0. The fraction of sp³-hybridized carbons (Fsp3) is 0.444. The fourth-order valence-corrected chi connectivity index (χ4v) is 3.43. The van der Waals surface area contributed by atoms with Crippen LogP contribution in [0.3, 0.4) is 0 Å². The first-order chi connectivity index (χ1) is 11.1. The average Bonchev–Trinajstić information content (AvgIpc) is 2.90. The number of aliphatic carboxylic acids is 1. The van der Waals surface area contributed by atoms with Gasteiger partial charge >= 0.3 is 5.97 Å². The molecule has 1 saturated carbocycles. The van der Waals surface area contributed by atoms with Gasteiger partial charge in [0, 0.05) is 29.2 Å². The summed E-state index contributed by atoms with van der Waals surface area (Å²) in [7, 11) is 0. The Bertz CT molecular complexity index is 714. The van der Waals surface area contributed by atoms with E-state index < -0.39 is 5.97 Å². The zero-order chi connectivity index (χ0) is 16.2. The summed E-state index contributed by atoms with van der Waals surface area (Å²) < 4.78 is 1.69. The quantitative estimate of drug-likeness (QED) is 0.885. The van der Waals surface area contributed by atoms with E-state index in [4.69, 9.17) is 5.11 Å². The molecule has 5 heteroatoms. The second-order valence-corrected chi connectivity index (χ2v) is 6.37. The normalized spacial score (nSPS) is 15.7. The molecule has 1 amide bonds. The molecule has 1 aliphatic rings. The summed E-state index contributed by atoms with van der Waals surface area (Å²) in [5.74, 6) is -0.280. The lowest BCUT2D eigenvalue weighted by Gasteiger charge is -2.20. The minimum atomic E-state index is -0.868. The minimum Gasteiger partial charge on any atom is -0.480 e. The highest BCUT2D eigenvalue weighted by molar-refractivity contribution is 5.94. The second kappa shape index (κ2) is 6.86. The van der Waals surface area contributed by atoms with E-state index in [1.165, 1.54) is 19.3 Å². The van der Waals surface area contributed by atoms with Gasteiger partial charge in [-0.15, -0.1) is 0 Å². The highest BCUT2D eigenvalue weighted by Gasteiger charge is 2.17. The van der Waals surface area contributed by atoms with Gasteiger partial charge in [-0.1, -0.05) is 19.3 Å². The number of carboxylic acids is 1. The lowest BCUT2D eigenvalue weighted by molar-refractivity contribution is -0.137. The van der Waals surface area contributed by atoms with E-state index in [-0.39, 0.29) is 12.5 Å². The van der Waals surface area contributed by atoms with Gasteiger partial charge in [0.2, 0.25) is 5.91 Å². The number of carbonyl (C=O) groups is 2. The molecule has 1 aromatic carbocycles. The van der Waals surface area contributed by atoms with Gasteiger partial charge in [0.15, 0.2) is 0 Å². The molecule has 23 heavy (non-hydrogen) atoms. The molecule has 2 aromatic rings. The Labute approximate surface area is 135 Å². The molecule has 0 unspecified atom stereocenters. The van der Waals surface area contributed by atoms with Crippen molar-refractivity contribution in [3.8, 4) is 0 Å². The van der Waals surface area contributed by atoms with Crippen LogP contribution < -0.4 is 5.32 Å². The van der Waals surface area contributed by atoms with Crippen molar-refractivity contribution in [1.82, 2.24) is 4.57 Å². The number of hydrogen-bond acceptors (Lipinski definition) is 2. The number of hydrogen-bond donors (Lipinski definition) is 2. The predicted octanol–water partition coefficient (Wildman–Crippen LogP) is 3.63. The van der Waals surface area contributed by atoms with E-state index in [1.54, 1.807) is 10.8 Å². The summed E-state index contributed by atoms with van der Waals surface area (Å²) >= 11 is 0. The maximum absolute atomic E-state index is 12.2. The molecule has 0 radical (unpaired) electrons. The first-order valence-corrected chi connectivity index (χ1v) is 8.22. The third-order valence-corrected chi connectivity index (χ3v) is 4.56. The van der Waals surface area contributed by atoms with Crippen molar-refractivity contribution in [3.63, 3.8) is 0 Å². The predicted molar refractivity (Wildman–Crippen MR) is 89.4 cm³/mol. The number of carboxylic acid groups (broad SMARTS) is 1. The Kier molecular flexibility index (Phi) is 4.65. The van der Waals surface area contributed by atoms with Crippen LogP contribution >= 0.6 is 0 Å². The zero-order valence-corrected chi connectivity index (χ0v) is 13.1. The number of rotatable bonds is 5. The number of anilines is 1. The first kappa shape index (κ1) is 15.6. The molecule has 122 valence electrons. The van der Waals surface area contributed by atoms with Crippen LogP contribution in [0, 0.1) is 5.92 Å². The standard InChI is InChI=1S/C18H22N2O3/c21-17(10-13-4-2-1-3-5-13)19-15-6-7-16-14(11-15)8-9-20(16)12-18(22)23/h6-9,11,13H,1-5,10,12H2,(H,19,21)(H,22,23). The fourth-order valence-electron chi connectivity index (χ4n) is 3.43. The van der Waals surface area contributed by atoms with E-state index in [0.29, 0.717) is 12.3 Å². The van der Waals surface area contributed by atoms with E-state index in [0.717, 1.165) is 29.4 Å². The van der Waals surface area contributed by atoms with Crippen LogP contribution in [0.25, 0.3) is 10.9 Å². The van der Waals surface area contributed by atoms with Crippen molar-refractivity contribution in [1.29, 1.82) is 0 Å². The number of amides is 1. The van der Waals surface area contributed by atoms with Gasteiger partial charge in [-0.25, -0.2) is 0 Å². The van der Waals surface area contributed by atoms with Crippen molar-refractivity contribution >= 4 is 28.5 Å². The third-order valence-electron chi connectivity index (χ3n) is 4.56. The Hall–Kier alpha value is -2.30. The molecule has 0 atom stereocenters. The van der Waals surface area contributed by atoms with Crippen molar-refractivity contribution in [2.24, 2.45) is 5.92 Å². The lowest BCUT2D eigenvalue weighted by atomic mass is 9.87. The maximum atomic E-state index is 12.2. The number of fused-ring (bicyclic) bond motifs is 1. The highest BCUT2D eigenvalue weighted by Crippen LogP contribution is 2.27. The van der Waals surface area contributed by atoms with Gasteiger partial charge in [0.25, 0.3) is 0 Å². The molecule has 3 rings (SSSR count). The van der Waals surface area contributed by atoms with E-state index in [2.05, 4.69) is 5.32 Å². The Morgan fingerprint density at radius 1 is 1.17 bits per heavy atom. The summed E-state index contributed by atoms with van der Waals surface area (Å²) in [6.07, 6.45) is 8.43. The van der Waals surface area contributed by atoms with Crippen molar-refractivity contribution < 1.29 is 14.7 Å². The number of nitrogens with zero attached hydrogens (tertiary/aromatic N) is 1. The molecule has 0 spiro atoms. The van der Waals surface area contributed by atoms with Crippen LogP contribution in [0.15, 0.2) is 30.5 Å². The maximum Gasteiger partial charge on any atom is 0.323 e. The average molecular weight is 314 g/mol. The Morgan fingerprint density at radius 3 is 2.70 bits per heavy atom. The van der Waals surface area contributed by atoms with Crippen LogP contribution in [0.1, 0.15) is 38.5 Å². The zero-order valence-electron chi connectivity index (χ0n) is 13.1. The Balaban J connectivity index is 1.66. The number of nitrogens with one attached hydrogen (secondary N) is 1. The van der Waals surface area contributed by atoms with Crippen LogP contribution in [-0.2, 0) is 16.1 Å². The summed E-state index contributed by atoms with van der Waals surface area (Å²) in [6.45, 7) is -0.0586. The van der Waals surface area contributed by atoms with Crippen molar-refractivity contribution in [2.45, 2.75) is 45.1 Å². The lowest BCUT2D eigenvalue weighted by Crippen LogP contribution is -2.18. The van der Waals surface area contributed by atoms with Crippen LogP contribution in [-0.4, -0.2) is 21.6 Å².